The van der Waals surface area contributed by atoms with Crippen LogP contribution in [0.3, 0.4) is 0 Å². The third kappa shape index (κ3) is 0.857. The van der Waals surface area contributed by atoms with E-state index < -0.39 is 0 Å². The van der Waals surface area contributed by atoms with E-state index in [-0.39, 0.29) is 24.5 Å². The molecule has 2 unspecified atom stereocenters. The summed E-state index contributed by atoms with van der Waals surface area (Å²) in [7, 11) is 0. The average Bonchev–Trinajstić information content (AvgIpc) is 2.10. The van der Waals surface area contributed by atoms with E-state index >= 15 is 0 Å². The van der Waals surface area contributed by atoms with Crippen LogP contribution in [0, 0.1) is 11.3 Å². The molecule has 2 rings (SSSR count). The molecule has 10 heavy (non-hydrogen) atoms. The Kier molecular flexibility index (Phi) is 2.21. The molecular formula is C7H13ClFN. The lowest BCUT2D eigenvalue weighted by atomic mass is 9.63. The van der Waals surface area contributed by atoms with E-state index in [1.54, 1.807) is 0 Å². The summed E-state index contributed by atoms with van der Waals surface area (Å²) in [5.74, 6) is 0.669. The number of rotatable bonds is 1. The molecule has 0 amide bonds. The van der Waals surface area contributed by atoms with E-state index in [1.807, 2.05) is 0 Å². The molecule has 1 heterocycles. The first-order valence-electron chi connectivity index (χ1n) is 3.64. The summed E-state index contributed by atoms with van der Waals surface area (Å²) < 4.78 is 12.3. The standard InChI is InChI=1S/C7H12FN.ClH/c8-4-7-2-1-6(7)3-9-5-7;/h6,9H,1-5H2;1H. The highest BCUT2D eigenvalue weighted by Gasteiger charge is 2.49. The second kappa shape index (κ2) is 2.67. The Balaban J connectivity index is 0.000000500. The van der Waals surface area contributed by atoms with Crippen molar-refractivity contribution in [2.75, 3.05) is 19.8 Å². The van der Waals surface area contributed by atoms with Gasteiger partial charge in [-0.15, -0.1) is 12.4 Å². The Labute approximate surface area is 66.8 Å². The summed E-state index contributed by atoms with van der Waals surface area (Å²) in [5, 5.41) is 3.24. The topological polar surface area (TPSA) is 12.0 Å². The van der Waals surface area contributed by atoms with Crippen LogP contribution in [-0.4, -0.2) is 19.8 Å². The summed E-state index contributed by atoms with van der Waals surface area (Å²) in [5.41, 5.74) is 0.0972. The van der Waals surface area contributed by atoms with Crippen LogP contribution < -0.4 is 5.32 Å². The molecule has 1 saturated heterocycles. The van der Waals surface area contributed by atoms with Crippen LogP contribution in [0.15, 0.2) is 0 Å². The van der Waals surface area contributed by atoms with E-state index in [0.717, 1.165) is 19.5 Å². The average molecular weight is 166 g/mol. The highest BCUT2D eigenvalue weighted by atomic mass is 35.5. The van der Waals surface area contributed by atoms with E-state index in [0.29, 0.717) is 5.92 Å². The number of hydrogen-bond donors (Lipinski definition) is 1. The van der Waals surface area contributed by atoms with Crippen molar-refractivity contribution in [3.8, 4) is 0 Å². The van der Waals surface area contributed by atoms with E-state index in [9.17, 15) is 4.39 Å². The number of alkyl halides is 1. The van der Waals surface area contributed by atoms with E-state index in [1.165, 1.54) is 6.42 Å². The Morgan fingerprint density at radius 2 is 2.40 bits per heavy atom. The highest BCUT2D eigenvalue weighted by molar-refractivity contribution is 5.85. The number of halogens is 2. The minimum absolute atomic E-state index is 0. The fourth-order valence-corrected chi connectivity index (χ4v) is 2.03. The normalized spacial score (nSPS) is 43.5. The summed E-state index contributed by atoms with van der Waals surface area (Å²) in [6.45, 7) is 1.88. The zero-order valence-corrected chi connectivity index (χ0v) is 6.72. The van der Waals surface area contributed by atoms with Crippen LogP contribution in [0.1, 0.15) is 12.8 Å². The van der Waals surface area contributed by atoms with Gasteiger partial charge in [0, 0.05) is 12.0 Å². The minimum Gasteiger partial charge on any atom is -0.316 e. The van der Waals surface area contributed by atoms with Gasteiger partial charge in [-0.1, -0.05) is 0 Å². The first kappa shape index (κ1) is 8.28. The Bertz CT molecular complexity index is 127. The Hall–Kier alpha value is 0.180. The van der Waals surface area contributed by atoms with Crippen molar-refractivity contribution in [3.63, 3.8) is 0 Å². The van der Waals surface area contributed by atoms with E-state index in [2.05, 4.69) is 5.32 Å². The summed E-state index contributed by atoms with van der Waals surface area (Å²) >= 11 is 0. The minimum atomic E-state index is -0.106. The lowest BCUT2D eigenvalue weighted by Gasteiger charge is -2.41. The van der Waals surface area contributed by atoms with Gasteiger partial charge in [0.1, 0.15) is 0 Å². The summed E-state index contributed by atoms with van der Waals surface area (Å²) in [6, 6.07) is 0. The SMILES string of the molecule is Cl.FCC12CCC1CNC2. The monoisotopic (exact) mass is 165 g/mol. The molecule has 2 atom stereocenters. The molecule has 2 aliphatic rings. The molecule has 1 N–H and O–H groups in total. The van der Waals surface area contributed by atoms with Crippen molar-refractivity contribution < 1.29 is 4.39 Å². The van der Waals surface area contributed by atoms with Crippen molar-refractivity contribution in [2.24, 2.45) is 11.3 Å². The molecule has 0 aromatic carbocycles. The van der Waals surface area contributed by atoms with Gasteiger partial charge in [0.05, 0.1) is 6.67 Å². The maximum atomic E-state index is 12.3. The van der Waals surface area contributed by atoms with Gasteiger partial charge < -0.3 is 5.32 Å². The summed E-state index contributed by atoms with van der Waals surface area (Å²) in [6.07, 6.45) is 2.36. The molecule has 2 fully saturated rings. The molecule has 1 saturated carbocycles. The van der Waals surface area contributed by atoms with E-state index in [4.69, 9.17) is 0 Å². The molecule has 0 bridgehead atoms. The lowest BCUT2D eigenvalue weighted by molar-refractivity contribution is 0.0534. The molecule has 1 nitrogen and oxygen atoms in total. The molecule has 0 spiro atoms. The van der Waals surface area contributed by atoms with Crippen LogP contribution in [-0.2, 0) is 0 Å². The molecule has 0 aromatic rings. The number of nitrogens with one attached hydrogen (secondary N) is 1. The number of hydrogen-bond acceptors (Lipinski definition) is 1. The van der Waals surface area contributed by atoms with Crippen molar-refractivity contribution in [2.45, 2.75) is 12.8 Å². The lowest BCUT2D eigenvalue weighted by Crippen LogP contribution is -2.41. The second-order valence-electron chi connectivity index (χ2n) is 3.36. The molecular weight excluding hydrogens is 153 g/mol. The maximum absolute atomic E-state index is 12.3. The predicted molar refractivity (Wildman–Crippen MR) is 41.2 cm³/mol. The first-order valence-corrected chi connectivity index (χ1v) is 3.64. The Morgan fingerprint density at radius 3 is 2.70 bits per heavy atom. The van der Waals surface area contributed by atoms with Gasteiger partial charge in [-0.05, 0) is 25.3 Å². The van der Waals surface area contributed by atoms with Crippen molar-refractivity contribution in [3.05, 3.63) is 0 Å². The van der Waals surface area contributed by atoms with Crippen LogP contribution in [0.2, 0.25) is 0 Å². The molecule has 60 valence electrons. The van der Waals surface area contributed by atoms with Gasteiger partial charge in [0.15, 0.2) is 0 Å². The van der Waals surface area contributed by atoms with Crippen LogP contribution in [0.5, 0.6) is 0 Å². The predicted octanol–water partition coefficient (Wildman–Crippen LogP) is 1.38. The zero-order chi connectivity index (χ0) is 6.32. The molecule has 1 aliphatic heterocycles. The van der Waals surface area contributed by atoms with Gasteiger partial charge in [-0.3, -0.25) is 4.39 Å². The van der Waals surface area contributed by atoms with Gasteiger partial charge in [0.25, 0.3) is 0 Å². The molecule has 0 radical (unpaired) electrons. The van der Waals surface area contributed by atoms with Crippen LogP contribution in [0.25, 0.3) is 0 Å². The first-order chi connectivity index (χ1) is 4.37. The van der Waals surface area contributed by atoms with Crippen molar-refractivity contribution in [1.29, 1.82) is 0 Å². The van der Waals surface area contributed by atoms with Crippen molar-refractivity contribution in [1.82, 2.24) is 5.32 Å². The third-order valence-electron chi connectivity index (χ3n) is 2.99. The smallest absolute Gasteiger partial charge is 0.0965 e. The van der Waals surface area contributed by atoms with Crippen molar-refractivity contribution >= 4 is 12.4 Å². The second-order valence-corrected chi connectivity index (χ2v) is 3.36. The third-order valence-corrected chi connectivity index (χ3v) is 2.99. The fourth-order valence-electron chi connectivity index (χ4n) is 2.03. The van der Waals surface area contributed by atoms with Gasteiger partial charge >= 0.3 is 0 Å². The molecule has 1 aliphatic carbocycles. The van der Waals surface area contributed by atoms with Crippen LogP contribution in [0.4, 0.5) is 4.39 Å². The quantitative estimate of drug-likeness (QED) is 0.619. The molecule has 0 aromatic heterocycles. The fraction of sp³-hybridized carbons (Fsp3) is 1.00. The maximum Gasteiger partial charge on any atom is 0.0965 e. The highest BCUT2D eigenvalue weighted by Crippen LogP contribution is 2.49. The van der Waals surface area contributed by atoms with Gasteiger partial charge in [-0.2, -0.15) is 0 Å². The summed E-state index contributed by atoms with van der Waals surface area (Å²) in [4.78, 5) is 0. The number of fused-ring (bicyclic) bond motifs is 1. The zero-order valence-electron chi connectivity index (χ0n) is 5.90. The van der Waals surface area contributed by atoms with Gasteiger partial charge in [0.2, 0.25) is 0 Å². The largest absolute Gasteiger partial charge is 0.316 e. The molecule has 3 heteroatoms. The Morgan fingerprint density at radius 1 is 1.60 bits per heavy atom. The van der Waals surface area contributed by atoms with Crippen LogP contribution >= 0.6 is 12.4 Å². The van der Waals surface area contributed by atoms with Gasteiger partial charge in [-0.25, -0.2) is 0 Å².